The Balaban J connectivity index is 1.67. The number of amides is 1. The number of unbranched alkanes of at least 4 members (excludes halogenated alkanes) is 1. The van der Waals surface area contributed by atoms with Crippen LogP contribution in [0.1, 0.15) is 53.3 Å². The molecule has 1 saturated heterocycles. The van der Waals surface area contributed by atoms with Crippen molar-refractivity contribution in [1.82, 2.24) is 0 Å². The van der Waals surface area contributed by atoms with Crippen LogP contribution in [0.15, 0.2) is 48.5 Å². The summed E-state index contributed by atoms with van der Waals surface area (Å²) in [5.74, 6) is -0.627. The Morgan fingerprint density at radius 3 is 2.53 bits per heavy atom. The molecular formula is C22H26N2O5S. The van der Waals surface area contributed by atoms with Gasteiger partial charge in [0.2, 0.25) is 10.0 Å². The van der Waals surface area contributed by atoms with E-state index in [-0.39, 0.29) is 11.7 Å². The fourth-order valence-corrected chi connectivity index (χ4v) is 4.80. The van der Waals surface area contributed by atoms with Gasteiger partial charge >= 0.3 is 5.97 Å². The smallest absolute Gasteiger partial charge is 0.338 e. The van der Waals surface area contributed by atoms with Crippen molar-refractivity contribution in [2.24, 2.45) is 0 Å². The van der Waals surface area contributed by atoms with Crippen LogP contribution in [0, 0.1) is 0 Å². The zero-order valence-corrected chi connectivity index (χ0v) is 17.8. The van der Waals surface area contributed by atoms with E-state index in [1.165, 1.54) is 4.31 Å². The van der Waals surface area contributed by atoms with E-state index in [1.807, 2.05) is 6.92 Å². The van der Waals surface area contributed by atoms with E-state index < -0.39 is 16.0 Å². The molecular weight excluding hydrogens is 404 g/mol. The molecule has 1 N–H and O–H groups in total. The van der Waals surface area contributed by atoms with Crippen LogP contribution < -0.4 is 9.62 Å². The number of nitrogens with zero attached hydrogens (tertiary/aromatic N) is 1. The topological polar surface area (TPSA) is 92.8 Å². The van der Waals surface area contributed by atoms with Crippen molar-refractivity contribution in [3.8, 4) is 0 Å². The summed E-state index contributed by atoms with van der Waals surface area (Å²) in [7, 11) is -3.34. The predicted molar refractivity (Wildman–Crippen MR) is 116 cm³/mol. The SMILES string of the molecule is CCCCOC(=O)c1ccc(NC(=O)c2cccc(N3CCCCS3(=O)=O)c2)cc1. The lowest BCUT2D eigenvalue weighted by atomic mass is 10.1. The largest absolute Gasteiger partial charge is 0.462 e. The molecule has 0 bridgehead atoms. The fraction of sp³-hybridized carbons (Fsp3) is 0.364. The molecule has 0 aliphatic carbocycles. The van der Waals surface area contributed by atoms with Crippen molar-refractivity contribution in [1.29, 1.82) is 0 Å². The Labute approximate surface area is 177 Å². The lowest BCUT2D eigenvalue weighted by Crippen LogP contribution is -2.37. The minimum Gasteiger partial charge on any atom is -0.462 e. The van der Waals surface area contributed by atoms with Crippen molar-refractivity contribution in [3.05, 3.63) is 59.7 Å². The second-order valence-electron chi connectivity index (χ2n) is 7.17. The molecule has 0 radical (unpaired) electrons. The number of carbonyl (C=O) groups excluding carboxylic acids is 2. The third-order valence-electron chi connectivity index (χ3n) is 4.86. The molecule has 0 spiro atoms. The Kier molecular flexibility index (Phi) is 7.10. The van der Waals surface area contributed by atoms with Gasteiger partial charge in [-0.05, 0) is 61.7 Å². The third-order valence-corrected chi connectivity index (χ3v) is 6.72. The second kappa shape index (κ2) is 9.75. The maximum atomic E-state index is 12.6. The minimum atomic E-state index is -3.34. The summed E-state index contributed by atoms with van der Waals surface area (Å²) in [5, 5.41) is 2.77. The molecule has 3 rings (SSSR count). The average Bonchev–Trinajstić information content (AvgIpc) is 2.74. The molecule has 0 atom stereocenters. The Morgan fingerprint density at radius 2 is 1.83 bits per heavy atom. The summed E-state index contributed by atoms with van der Waals surface area (Å²) in [6, 6.07) is 13.0. The molecule has 1 amide bonds. The standard InChI is InChI=1S/C22H26N2O5S/c1-2-3-14-29-22(26)17-9-11-19(12-10-17)23-21(25)18-7-6-8-20(16-18)24-13-4-5-15-30(24,27)28/h6-12,16H,2-5,13-15H2,1H3,(H,23,25). The van der Waals surface area contributed by atoms with Crippen LogP contribution in [0.2, 0.25) is 0 Å². The van der Waals surface area contributed by atoms with Gasteiger partial charge in [-0.25, -0.2) is 13.2 Å². The lowest BCUT2D eigenvalue weighted by molar-refractivity contribution is 0.0499. The van der Waals surface area contributed by atoms with Gasteiger partial charge in [-0.2, -0.15) is 0 Å². The first-order chi connectivity index (χ1) is 14.4. The van der Waals surface area contributed by atoms with E-state index in [2.05, 4.69) is 5.32 Å². The van der Waals surface area contributed by atoms with E-state index in [0.29, 0.717) is 42.1 Å². The number of rotatable bonds is 7. The van der Waals surface area contributed by atoms with Crippen LogP contribution in [0.3, 0.4) is 0 Å². The quantitative estimate of drug-likeness (QED) is 0.532. The Hall–Kier alpha value is -2.87. The highest BCUT2D eigenvalue weighted by Gasteiger charge is 2.26. The maximum absolute atomic E-state index is 12.6. The molecule has 8 heteroatoms. The molecule has 2 aromatic rings. The van der Waals surface area contributed by atoms with E-state index in [9.17, 15) is 18.0 Å². The van der Waals surface area contributed by atoms with Gasteiger partial charge in [0.05, 0.1) is 23.6 Å². The van der Waals surface area contributed by atoms with E-state index in [4.69, 9.17) is 4.74 Å². The van der Waals surface area contributed by atoms with Crippen molar-refractivity contribution in [2.75, 3.05) is 28.5 Å². The summed E-state index contributed by atoms with van der Waals surface area (Å²) < 4.78 is 31.2. The van der Waals surface area contributed by atoms with Gasteiger partial charge in [0.25, 0.3) is 5.91 Å². The number of sulfonamides is 1. The third kappa shape index (κ3) is 5.38. The van der Waals surface area contributed by atoms with Crippen LogP contribution in [0.5, 0.6) is 0 Å². The minimum absolute atomic E-state index is 0.122. The number of hydrogen-bond donors (Lipinski definition) is 1. The van der Waals surface area contributed by atoms with Gasteiger partial charge < -0.3 is 10.1 Å². The number of benzene rings is 2. The average molecular weight is 431 g/mol. The van der Waals surface area contributed by atoms with Crippen molar-refractivity contribution >= 4 is 33.3 Å². The monoisotopic (exact) mass is 430 g/mol. The van der Waals surface area contributed by atoms with E-state index >= 15 is 0 Å². The summed E-state index contributed by atoms with van der Waals surface area (Å²) in [4.78, 5) is 24.6. The molecule has 1 aliphatic rings. The van der Waals surface area contributed by atoms with Gasteiger partial charge in [-0.1, -0.05) is 19.4 Å². The first kappa shape index (κ1) is 21.8. The van der Waals surface area contributed by atoms with Gasteiger partial charge in [0.15, 0.2) is 0 Å². The number of carbonyl (C=O) groups is 2. The van der Waals surface area contributed by atoms with Crippen LogP contribution >= 0.6 is 0 Å². The molecule has 0 unspecified atom stereocenters. The molecule has 0 aromatic heterocycles. The zero-order valence-electron chi connectivity index (χ0n) is 17.0. The number of esters is 1. The second-order valence-corrected chi connectivity index (χ2v) is 9.18. The molecule has 160 valence electrons. The van der Waals surface area contributed by atoms with Crippen LogP contribution in [-0.2, 0) is 14.8 Å². The van der Waals surface area contributed by atoms with Crippen LogP contribution in [0.4, 0.5) is 11.4 Å². The highest BCUT2D eigenvalue weighted by molar-refractivity contribution is 7.92. The first-order valence-electron chi connectivity index (χ1n) is 10.1. The maximum Gasteiger partial charge on any atom is 0.338 e. The van der Waals surface area contributed by atoms with Gasteiger partial charge in [-0.15, -0.1) is 0 Å². The Morgan fingerprint density at radius 1 is 1.07 bits per heavy atom. The van der Waals surface area contributed by atoms with Crippen molar-refractivity contribution < 1.29 is 22.7 Å². The molecule has 7 nitrogen and oxygen atoms in total. The van der Waals surface area contributed by atoms with Crippen molar-refractivity contribution in [3.63, 3.8) is 0 Å². The van der Waals surface area contributed by atoms with Gasteiger partial charge in [0, 0.05) is 17.8 Å². The van der Waals surface area contributed by atoms with E-state index in [1.54, 1.807) is 48.5 Å². The summed E-state index contributed by atoms with van der Waals surface area (Å²) >= 11 is 0. The number of anilines is 2. The lowest BCUT2D eigenvalue weighted by Gasteiger charge is -2.28. The van der Waals surface area contributed by atoms with Gasteiger partial charge in [0.1, 0.15) is 0 Å². The number of nitrogens with one attached hydrogen (secondary N) is 1. The summed E-state index contributed by atoms with van der Waals surface area (Å²) in [6.07, 6.45) is 3.21. The molecule has 1 heterocycles. The summed E-state index contributed by atoms with van der Waals surface area (Å²) in [5.41, 5.74) is 1.80. The number of hydrogen-bond acceptors (Lipinski definition) is 5. The van der Waals surface area contributed by atoms with Crippen LogP contribution in [0.25, 0.3) is 0 Å². The fourth-order valence-electron chi connectivity index (χ4n) is 3.17. The number of ether oxygens (including phenoxy) is 1. The van der Waals surface area contributed by atoms with Gasteiger partial charge in [-0.3, -0.25) is 9.10 Å². The Bertz CT molecular complexity index is 1000. The molecule has 1 aliphatic heterocycles. The highest BCUT2D eigenvalue weighted by Crippen LogP contribution is 2.24. The molecule has 30 heavy (non-hydrogen) atoms. The van der Waals surface area contributed by atoms with E-state index in [0.717, 1.165) is 19.3 Å². The molecule has 2 aromatic carbocycles. The van der Waals surface area contributed by atoms with Crippen molar-refractivity contribution in [2.45, 2.75) is 32.6 Å². The molecule has 0 saturated carbocycles. The predicted octanol–water partition coefficient (Wildman–Crippen LogP) is 3.83. The first-order valence-corrected chi connectivity index (χ1v) is 11.7. The molecule has 1 fully saturated rings. The van der Waals surface area contributed by atoms with Crippen LogP contribution in [-0.4, -0.2) is 39.2 Å². The normalized spacial score (nSPS) is 15.4. The highest BCUT2D eigenvalue weighted by atomic mass is 32.2. The summed E-state index contributed by atoms with van der Waals surface area (Å²) in [6.45, 7) is 2.83. The zero-order chi connectivity index (χ0) is 21.6.